The number of aliphatic carboxylic acids is 1. The van der Waals surface area contributed by atoms with Crippen molar-refractivity contribution in [3.63, 3.8) is 0 Å². The smallest absolute Gasteiger partial charge is 0.305 e. The maximum Gasteiger partial charge on any atom is 0.305 e. The van der Waals surface area contributed by atoms with Crippen LogP contribution >= 0.6 is 11.6 Å². The first kappa shape index (κ1) is 24.1. The second kappa shape index (κ2) is 10.7. The number of carboxylic acids is 1. The minimum atomic E-state index is -1.23. The number of carboxylic acid groups (broad SMARTS) is 1. The molecule has 2 rings (SSSR count). The number of nitrogens with one attached hydrogen (secondary N) is 2. The molecule has 1 aromatic carbocycles. The van der Waals surface area contributed by atoms with E-state index in [4.69, 9.17) is 16.7 Å². The Hall–Kier alpha value is -3.20. The van der Waals surface area contributed by atoms with Gasteiger partial charge in [0.1, 0.15) is 18.4 Å². The van der Waals surface area contributed by atoms with E-state index in [-0.39, 0.29) is 17.1 Å². The van der Waals surface area contributed by atoms with Gasteiger partial charge in [0.25, 0.3) is 5.91 Å². The van der Waals surface area contributed by atoms with Gasteiger partial charge in [-0.2, -0.15) is 0 Å². The van der Waals surface area contributed by atoms with Gasteiger partial charge in [-0.05, 0) is 37.5 Å². The Bertz CT molecular complexity index is 903. The molecule has 31 heavy (non-hydrogen) atoms. The van der Waals surface area contributed by atoms with Crippen molar-refractivity contribution in [2.24, 2.45) is 0 Å². The van der Waals surface area contributed by atoms with E-state index in [1.807, 2.05) is 0 Å². The fourth-order valence-electron chi connectivity index (χ4n) is 3.32. The third kappa shape index (κ3) is 6.14. The van der Waals surface area contributed by atoms with Crippen molar-refractivity contribution in [1.82, 2.24) is 15.5 Å². The molecule has 0 unspecified atom stereocenters. The Morgan fingerprint density at radius 1 is 1.29 bits per heavy atom. The monoisotopic (exact) mass is 449 g/mol. The summed E-state index contributed by atoms with van der Waals surface area (Å²) < 4.78 is 0. The predicted octanol–water partition coefficient (Wildman–Crippen LogP) is 1.16. The third-order valence-electron chi connectivity index (χ3n) is 4.86. The van der Waals surface area contributed by atoms with E-state index >= 15 is 0 Å². The first-order valence-electron chi connectivity index (χ1n) is 9.64. The van der Waals surface area contributed by atoms with Gasteiger partial charge < -0.3 is 25.4 Å². The van der Waals surface area contributed by atoms with E-state index < -0.39 is 48.2 Å². The summed E-state index contributed by atoms with van der Waals surface area (Å²) in [5.74, 6) is -2.94. The minimum absolute atomic E-state index is 0.196. The summed E-state index contributed by atoms with van der Waals surface area (Å²) in [4.78, 5) is 61.6. The van der Waals surface area contributed by atoms with Crippen LogP contribution in [-0.2, 0) is 19.2 Å². The SMILES string of the molecule is C=C(C)[C@H](NC(=O)c1ccccc1Cl)C(=O)N1CCC[C@H]1C(=O)N[C@H](C=O)CC(=O)O. The number of carbonyl (C=O) groups excluding carboxylic acids is 4. The molecule has 0 radical (unpaired) electrons. The van der Waals surface area contributed by atoms with Gasteiger partial charge >= 0.3 is 5.97 Å². The Kier molecular flexibility index (Phi) is 8.32. The predicted molar refractivity (Wildman–Crippen MR) is 113 cm³/mol. The van der Waals surface area contributed by atoms with Crippen LogP contribution in [0.25, 0.3) is 0 Å². The van der Waals surface area contributed by atoms with Gasteiger partial charge in [0.2, 0.25) is 11.8 Å². The fourth-order valence-corrected chi connectivity index (χ4v) is 3.54. The van der Waals surface area contributed by atoms with Crippen LogP contribution in [0.4, 0.5) is 0 Å². The molecule has 1 aliphatic rings. The molecule has 0 spiro atoms. The zero-order valence-corrected chi connectivity index (χ0v) is 17.7. The number of nitrogens with zero attached hydrogens (tertiary/aromatic N) is 1. The number of benzene rings is 1. The molecule has 0 saturated carbocycles. The average Bonchev–Trinajstić information content (AvgIpc) is 3.20. The molecule has 1 aromatic rings. The lowest BCUT2D eigenvalue weighted by Crippen LogP contribution is -2.55. The maximum atomic E-state index is 13.2. The highest BCUT2D eigenvalue weighted by molar-refractivity contribution is 6.33. The number of amides is 3. The van der Waals surface area contributed by atoms with Crippen molar-refractivity contribution in [2.45, 2.75) is 44.3 Å². The highest BCUT2D eigenvalue weighted by atomic mass is 35.5. The summed E-state index contributed by atoms with van der Waals surface area (Å²) in [5, 5.41) is 14.0. The van der Waals surface area contributed by atoms with E-state index in [0.29, 0.717) is 24.7 Å². The van der Waals surface area contributed by atoms with Crippen molar-refractivity contribution < 1.29 is 29.1 Å². The molecule has 1 fully saturated rings. The molecular formula is C21H24ClN3O6. The summed E-state index contributed by atoms with van der Waals surface area (Å²) in [5.41, 5.74) is 0.564. The molecule has 0 aliphatic carbocycles. The lowest BCUT2D eigenvalue weighted by atomic mass is 10.1. The first-order chi connectivity index (χ1) is 14.6. The van der Waals surface area contributed by atoms with Crippen LogP contribution in [0.2, 0.25) is 5.02 Å². The van der Waals surface area contributed by atoms with Crippen molar-refractivity contribution in [2.75, 3.05) is 6.54 Å². The van der Waals surface area contributed by atoms with Crippen LogP contribution in [0.1, 0.15) is 36.5 Å². The molecule has 1 aliphatic heterocycles. The lowest BCUT2D eigenvalue weighted by Gasteiger charge is -2.29. The molecule has 10 heteroatoms. The van der Waals surface area contributed by atoms with Crippen LogP contribution in [-0.4, -0.2) is 64.7 Å². The van der Waals surface area contributed by atoms with Gasteiger partial charge in [0.15, 0.2) is 0 Å². The molecule has 1 saturated heterocycles. The number of hydrogen-bond acceptors (Lipinski definition) is 5. The zero-order chi connectivity index (χ0) is 23.1. The second-order valence-electron chi connectivity index (χ2n) is 7.27. The van der Waals surface area contributed by atoms with E-state index in [0.717, 1.165) is 0 Å². The summed E-state index contributed by atoms with van der Waals surface area (Å²) in [7, 11) is 0. The number of carbonyl (C=O) groups is 5. The van der Waals surface area contributed by atoms with Gasteiger partial charge in [-0.15, -0.1) is 0 Å². The molecule has 0 aromatic heterocycles. The Balaban J connectivity index is 2.15. The first-order valence-corrected chi connectivity index (χ1v) is 10.0. The minimum Gasteiger partial charge on any atom is -0.481 e. The Labute approximate surface area is 184 Å². The van der Waals surface area contributed by atoms with Gasteiger partial charge in [-0.1, -0.05) is 30.3 Å². The third-order valence-corrected chi connectivity index (χ3v) is 5.19. The van der Waals surface area contributed by atoms with Crippen LogP contribution in [0, 0.1) is 0 Å². The molecule has 0 bridgehead atoms. The molecule has 3 N–H and O–H groups in total. The number of rotatable bonds is 9. The van der Waals surface area contributed by atoms with Gasteiger partial charge in [-0.3, -0.25) is 19.2 Å². The van der Waals surface area contributed by atoms with Crippen LogP contribution in [0.5, 0.6) is 0 Å². The molecule has 3 atom stereocenters. The Morgan fingerprint density at radius 2 is 1.97 bits per heavy atom. The average molecular weight is 450 g/mol. The van der Waals surface area contributed by atoms with Gasteiger partial charge in [0, 0.05) is 6.54 Å². The lowest BCUT2D eigenvalue weighted by molar-refractivity contribution is -0.141. The van der Waals surface area contributed by atoms with E-state index in [1.54, 1.807) is 25.1 Å². The van der Waals surface area contributed by atoms with Gasteiger partial charge in [-0.25, -0.2) is 0 Å². The number of likely N-dealkylation sites (tertiary alicyclic amines) is 1. The van der Waals surface area contributed by atoms with Crippen molar-refractivity contribution in [1.29, 1.82) is 0 Å². The number of aldehydes is 1. The van der Waals surface area contributed by atoms with Crippen molar-refractivity contribution in [3.8, 4) is 0 Å². The molecule has 3 amide bonds. The highest BCUT2D eigenvalue weighted by Gasteiger charge is 2.38. The standard InChI is InChI=1S/C21H24ClN3O6/c1-12(2)18(24-19(29)14-6-3-4-7-15(14)22)21(31)25-9-5-8-16(25)20(30)23-13(11-26)10-17(27)28/h3-4,6-7,11,13,16,18H,1,5,8-10H2,2H3,(H,23,30)(H,24,29)(H,27,28)/t13-,16-,18-/m0/s1. The summed E-state index contributed by atoms with van der Waals surface area (Å²) in [6.45, 7) is 5.62. The van der Waals surface area contributed by atoms with Crippen molar-refractivity contribution >= 4 is 41.6 Å². The molecule has 166 valence electrons. The molecular weight excluding hydrogens is 426 g/mol. The normalized spacial score (nSPS) is 17.4. The quantitative estimate of drug-likeness (QED) is 0.383. The number of hydrogen-bond donors (Lipinski definition) is 3. The van der Waals surface area contributed by atoms with E-state index in [2.05, 4.69) is 17.2 Å². The van der Waals surface area contributed by atoms with Crippen LogP contribution in [0.15, 0.2) is 36.4 Å². The van der Waals surface area contributed by atoms with Crippen molar-refractivity contribution in [3.05, 3.63) is 47.0 Å². The van der Waals surface area contributed by atoms with E-state index in [1.165, 1.54) is 11.0 Å². The summed E-state index contributed by atoms with van der Waals surface area (Å²) in [6.07, 6.45) is 0.666. The van der Waals surface area contributed by atoms with Gasteiger partial charge in [0.05, 0.1) is 23.0 Å². The summed E-state index contributed by atoms with van der Waals surface area (Å²) in [6, 6.07) is 3.21. The van der Waals surface area contributed by atoms with Crippen LogP contribution in [0.3, 0.4) is 0 Å². The fraction of sp³-hybridized carbons (Fsp3) is 0.381. The molecule has 1 heterocycles. The number of halogens is 1. The highest BCUT2D eigenvalue weighted by Crippen LogP contribution is 2.21. The van der Waals surface area contributed by atoms with Crippen LogP contribution < -0.4 is 10.6 Å². The topological polar surface area (TPSA) is 133 Å². The largest absolute Gasteiger partial charge is 0.481 e. The zero-order valence-electron chi connectivity index (χ0n) is 17.0. The maximum absolute atomic E-state index is 13.2. The second-order valence-corrected chi connectivity index (χ2v) is 7.68. The molecule has 9 nitrogen and oxygen atoms in total. The van der Waals surface area contributed by atoms with E-state index in [9.17, 15) is 24.0 Å². The Morgan fingerprint density at radius 3 is 2.55 bits per heavy atom. The summed E-state index contributed by atoms with van der Waals surface area (Å²) >= 11 is 6.05.